The van der Waals surface area contributed by atoms with Gasteiger partial charge in [0.2, 0.25) is 5.91 Å². The molecular weight excluding hydrogens is 351 g/mol. The van der Waals surface area contributed by atoms with Crippen LogP contribution in [-0.4, -0.2) is 5.91 Å². The third kappa shape index (κ3) is 4.33. The molecule has 0 aliphatic heterocycles. The minimum absolute atomic E-state index is 0.0710. The molecule has 0 heterocycles. The van der Waals surface area contributed by atoms with Gasteiger partial charge in [-0.05, 0) is 46.4 Å². The molecule has 0 spiro atoms. The van der Waals surface area contributed by atoms with Crippen LogP contribution < -0.4 is 11.1 Å². The molecule has 98 valence electrons. The van der Waals surface area contributed by atoms with Gasteiger partial charge >= 0.3 is 0 Å². The highest BCUT2D eigenvalue weighted by Gasteiger charge is 2.11. The van der Waals surface area contributed by atoms with Gasteiger partial charge < -0.3 is 11.1 Å². The zero-order valence-electron chi connectivity index (χ0n) is 10.3. The molecule has 4 heteroatoms. The maximum Gasteiger partial charge on any atom is 0.226 e. The summed E-state index contributed by atoms with van der Waals surface area (Å²) in [5, 5.41) is 2.86. The van der Waals surface area contributed by atoms with E-state index in [1.807, 2.05) is 54.6 Å². The fraction of sp³-hybridized carbons (Fsp3) is 0.133. The molecule has 2 aromatic rings. The number of nitrogens with one attached hydrogen (secondary N) is 1. The van der Waals surface area contributed by atoms with E-state index in [1.165, 1.54) is 0 Å². The normalized spacial score (nSPS) is 11.9. The molecule has 2 aromatic carbocycles. The van der Waals surface area contributed by atoms with Crippen molar-refractivity contribution >= 4 is 34.2 Å². The summed E-state index contributed by atoms with van der Waals surface area (Å²) in [6.07, 6.45) is 0.273. The molecule has 1 atom stereocenters. The van der Waals surface area contributed by atoms with Crippen LogP contribution in [0.15, 0.2) is 54.6 Å². The van der Waals surface area contributed by atoms with E-state index in [1.54, 1.807) is 0 Å². The van der Waals surface area contributed by atoms with E-state index >= 15 is 0 Å². The topological polar surface area (TPSA) is 55.1 Å². The molecule has 2 rings (SSSR count). The van der Waals surface area contributed by atoms with Crippen molar-refractivity contribution in [3.8, 4) is 0 Å². The summed E-state index contributed by atoms with van der Waals surface area (Å²) in [6.45, 7) is 0. The fourth-order valence-electron chi connectivity index (χ4n) is 1.80. The average Bonchev–Trinajstić information content (AvgIpc) is 2.39. The van der Waals surface area contributed by atoms with Crippen LogP contribution in [0.3, 0.4) is 0 Å². The van der Waals surface area contributed by atoms with Crippen molar-refractivity contribution in [2.45, 2.75) is 12.5 Å². The minimum Gasteiger partial charge on any atom is -0.326 e. The first kappa shape index (κ1) is 14.0. The number of halogens is 1. The average molecular weight is 366 g/mol. The Morgan fingerprint density at radius 2 is 1.89 bits per heavy atom. The van der Waals surface area contributed by atoms with E-state index in [0.29, 0.717) is 0 Å². The Bertz CT molecular complexity index is 557. The van der Waals surface area contributed by atoms with Gasteiger partial charge in [-0.2, -0.15) is 0 Å². The fourth-order valence-corrected chi connectivity index (χ4v) is 2.34. The summed E-state index contributed by atoms with van der Waals surface area (Å²) in [6, 6.07) is 17.1. The monoisotopic (exact) mass is 366 g/mol. The first-order chi connectivity index (χ1) is 9.15. The van der Waals surface area contributed by atoms with E-state index in [9.17, 15) is 4.79 Å². The zero-order valence-corrected chi connectivity index (χ0v) is 12.5. The Balaban J connectivity index is 1.95. The summed E-state index contributed by atoms with van der Waals surface area (Å²) in [4.78, 5) is 11.9. The van der Waals surface area contributed by atoms with Gasteiger partial charge in [-0.15, -0.1) is 0 Å². The highest BCUT2D eigenvalue weighted by Crippen LogP contribution is 2.16. The molecule has 0 saturated carbocycles. The third-order valence-electron chi connectivity index (χ3n) is 2.74. The lowest BCUT2D eigenvalue weighted by molar-refractivity contribution is -0.116. The lowest BCUT2D eigenvalue weighted by Crippen LogP contribution is -2.20. The van der Waals surface area contributed by atoms with Crippen molar-refractivity contribution < 1.29 is 4.79 Å². The van der Waals surface area contributed by atoms with Gasteiger partial charge in [0, 0.05) is 21.7 Å². The number of benzene rings is 2. The summed E-state index contributed by atoms with van der Waals surface area (Å²) >= 11 is 2.21. The molecule has 3 nitrogen and oxygen atoms in total. The Labute approximate surface area is 126 Å². The predicted octanol–water partition coefficient (Wildman–Crippen LogP) is 3.32. The molecule has 0 saturated heterocycles. The van der Waals surface area contributed by atoms with E-state index in [-0.39, 0.29) is 18.4 Å². The lowest BCUT2D eigenvalue weighted by Gasteiger charge is -2.12. The van der Waals surface area contributed by atoms with Crippen molar-refractivity contribution in [3.05, 3.63) is 63.7 Å². The van der Waals surface area contributed by atoms with Gasteiger partial charge in [0.1, 0.15) is 0 Å². The number of amides is 1. The maximum atomic E-state index is 11.9. The van der Waals surface area contributed by atoms with Crippen LogP contribution in [0.25, 0.3) is 0 Å². The first-order valence-electron chi connectivity index (χ1n) is 6.01. The van der Waals surface area contributed by atoms with Crippen LogP contribution in [0.1, 0.15) is 18.0 Å². The molecule has 0 fully saturated rings. The maximum absolute atomic E-state index is 11.9. The minimum atomic E-state index is -0.274. The van der Waals surface area contributed by atoms with E-state index in [2.05, 4.69) is 27.9 Å². The smallest absolute Gasteiger partial charge is 0.226 e. The molecule has 0 bridgehead atoms. The van der Waals surface area contributed by atoms with Crippen LogP contribution in [0, 0.1) is 3.57 Å². The standard InChI is InChI=1S/C15H15IN2O/c16-12-7-4-8-13(9-12)18-15(19)10-14(17)11-5-2-1-3-6-11/h1-9,14H,10,17H2,(H,18,19). The van der Waals surface area contributed by atoms with Gasteiger partial charge in [0.15, 0.2) is 0 Å². The second kappa shape index (κ2) is 6.68. The molecule has 0 aliphatic carbocycles. The van der Waals surface area contributed by atoms with E-state index < -0.39 is 0 Å². The van der Waals surface area contributed by atoms with Crippen molar-refractivity contribution in [2.75, 3.05) is 5.32 Å². The first-order valence-corrected chi connectivity index (χ1v) is 7.09. The molecule has 1 unspecified atom stereocenters. The van der Waals surface area contributed by atoms with Crippen LogP contribution in [0.2, 0.25) is 0 Å². The van der Waals surface area contributed by atoms with E-state index in [4.69, 9.17) is 5.73 Å². The molecule has 1 amide bonds. The molecule has 0 aliphatic rings. The Kier molecular flexibility index (Phi) is 4.93. The van der Waals surface area contributed by atoms with Crippen molar-refractivity contribution in [3.63, 3.8) is 0 Å². The Morgan fingerprint density at radius 1 is 1.16 bits per heavy atom. The number of nitrogens with two attached hydrogens (primary N) is 1. The van der Waals surface area contributed by atoms with Gasteiger partial charge in [0.05, 0.1) is 0 Å². The van der Waals surface area contributed by atoms with Crippen LogP contribution in [-0.2, 0) is 4.79 Å². The van der Waals surface area contributed by atoms with Crippen LogP contribution >= 0.6 is 22.6 Å². The number of hydrogen-bond donors (Lipinski definition) is 2. The van der Waals surface area contributed by atoms with Crippen LogP contribution in [0.5, 0.6) is 0 Å². The molecule has 3 N–H and O–H groups in total. The van der Waals surface area contributed by atoms with Gasteiger partial charge in [-0.3, -0.25) is 4.79 Å². The SMILES string of the molecule is NC(CC(=O)Nc1cccc(I)c1)c1ccccc1. The number of rotatable bonds is 4. The van der Waals surface area contributed by atoms with Crippen LogP contribution in [0.4, 0.5) is 5.69 Å². The second-order valence-corrected chi connectivity index (χ2v) is 5.53. The van der Waals surface area contributed by atoms with Gasteiger partial charge in [-0.1, -0.05) is 36.4 Å². The van der Waals surface area contributed by atoms with Crippen molar-refractivity contribution in [1.82, 2.24) is 0 Å². The number of carbonyl (C=O) groups is 1. The molecule has 0 aromatic heterocycles. The van der Waals surface area contributed by atoms with Gasteiger partial charge in [-0.25, -0.2) is 0 Å². The quantitative estimate of drug-likeness (QED) is 0.816. The van der Waals surface area contributed by atoms with Crippen molar-refractivity contribution in [1.29, 1.82) is 0 Å². The second-order valence-electron chi connectivity index (χ2n) is 4.28. The summed E-state index contributed by atoms with van der Waals surface area (Å²) in [5.74, 6) is -0.0710. The molecular formula is C15H15IN2O. The summed E-state index contributed by atoms with van der Waals surface area (Å²) in [7, 11) is 0. The highest BCUT2D eigenvalue weighted by molar-refractivity contribution is 14.1. The largest absolute Gasteiger partial charge is 0.326 e. The Morgan fingerprint density at radius 3 is 2.58 bits per heavy atom. The number of anilines is 1. The summed E-state index contributed by atoms with van der Waals surface area (Å²) < 4.78 is 1.09. The predicted molar refractivity (Wildman–Crippen MR) is 85.8 cm³/mol. The summed E-state index contributed by atoms with van der Waals surface area (Å²) in [5.41, 5.74) is 7.79. The van der Waals surface area contributed by atoms with Crippen molar-refractivity contribution in [2.24, 2.45) is 5.73 Å². The number of carbonyl (C=O) groups excluding carboxylic acids is 1. The highest BCUT2D eigenvalue weighted by atomic mass is 127. The lowest BCUT2D eigenvalue weighted by atomic mass is 10.0. The molecule has 0 radical (unpaired) electrons. The third-order valence-corrected chi connectivity index (χ3v) is 3.41. The van der Waals surface area contributed by atoms with Gasteiger partial charge in [0.25, 0.3) is 0 Å². The van der Waals surface area contributed by atoms with E-state index in [0.717, 1.165) is 14.8 Å². The zero-order chi connectivity index (χ0) is 13.7. The Hall–Kier alpha value is -1.40. The molecule has 19 heavy (non-hydrogen) atoms. The number of hydrogen-bond acceptors (Lipinski definition) is 2.